The van der Waals surface area contributed by atoms with Crippen molar-refractivity contribution in [1.29, 1.82) is 0 Å². The van der Waals surface area contributed by atoms with E-state index in [4.69, 9.17) is 15.6 Å². The molecule has 7 nitrogen and oxygen atoms in total. The number of nitrogens with two attached hydrogens (primary N) is 1. The summed E-state index contributed by atoms with van der Waals surface area (Å²) >= 11 is 0. The molecule has 1 aliphatic heterocycles. The van der Waals surface area contributed by atoms with Crippen molar-refractivity contribution in [3.05, 3.63) is 29.8 Å². The van der Waals surface area contributed by atoms with Gasteiger partial charge >= 0.3 is 0 Å². The fourth-order valence-corrected chi connectivity index (χ4v) is 2.79. The van der Waals surface area contributed by atoms with Crippen LogP contribution in [0.2, 0.25) is 0 Å². The third-order valence-electron chi connectivity index (χ3n) is 4.07. The normalized spacial score (nSPS) is 14.6. The molecule has 25 heavy (non-hydrogen) atoms. The van der Waals surface area contributed by atoms with E-state index in [-0.39, 0.29) is 12.4 Å². The molecule has 4 N–H and O–H groups in total. The Kier molecular flexibility index (Phi) is 5.30. The Morgan fingerprint density at radius 1 is 1.32 bits per heavy atom. The van der Waals surface area contributed by atoms with E-state index in [0.29, 0.717) is 61.2 Å². The van der Waals surface area contributed by atoms with Crippen molar-refractivity contribution in [2.24, 2.45) is 0 Å². The summed E-state index contributed by atoms with van der Waals surface area (Å²) in [5.74, 6) is 0.351. The highest BCUT2D eigenvalue weighted by atomic mass is 19.1. The van der Waals surface area contributed by atoms with Crippen molar-refractivity contribution in [2.45, 2.75) is 6.92 Å². The number of aliphatic hydroxyl groups excluding tert-OH is 1. The van der Waals surface area contributed by atoms with Crippen molar-refractivity contribution in [3.8, 4) is 11.1 Å². The molecule has 1 fully saturated rings. The molecule has 0 bridgehead atoms. The van der Waals surface area contributed by atoms with Crippen LogP contribution in [-0.4, -0.2) is 54.5 Å². The molecule has 1 saturated heterocycles. The number of aromatic nitrogens is 2. The topological polar surface area (TPSA) is 96.5 Å². The smallest absolute Gasteiger partial charge is 0.173 e. The molecule has 3 rings (SSSR count). The summed E-state index contributed by atoms with van der Waals surface area (Å²) < 4.78 is 20.6. The Labute approximate surface area is 145 Å². The molecular formula is C17H22FN5O2. The van der Waals surface area contributed by atoms with Crippen LogP contribution in [0.5, 0.6) is 0 Å². The lowest BCUT2D eigenvalue weighted by atomic mass is 10.0. The molecule has 0 amide bonds. The summed E-state index contributed by atoms with van der Waals surface area (Å²) in [5.41, 5.74) is 8.00. The van der Waals surface area contributed by atoms with Gasteiger partial charge in [0.05, 0.1) is 31.7 Å². The second-order valence-electron chi connectivity index (χ2n) is 5.84. The highest BCUT2D eigenvalue weighted by molar-refractivity contribution is 5.75. The van der Waals surface area contributed by atoms with Gasteiger partial charge in [0.1, 0.15) is 5.82 Å². The van der Waals surface area contributed by atoms with E-state index in [2.05, 4.69) is 15.3 Å². The summed E-state index contributed by atoms with van der Waals surface area (Å²) in [6.45, 7) is 4.30. The average Bonchev–Trinajstić information content (AvgIpc) is 2.63. The number of rotatable bonds is 5. The average molecular weight is 347 g/mol. The number of halogens is 1. The first kappa shape index (κ1) is 17.4. The zero-order valence-electron chi connectivity index (χ0n) is 14.1. The number of nitrogens with zero attached hydrogens (tertiary/aromatic N) is 3. The summed E-state index contributed by atoms with van der Waals surface area (Å²) in [6, 6.07) is 3.33. The van der Waals surface area contributed by atoms with Crippen LogP contribution in [0.4, 0.5) is 21.7 Å². The van der Waals surface area contributed by atoms with E-state index in [0.717, 1.165) is 0 Å². The third kappa shape index (κ3) is 3.80. The first-order valence-corrected chi connectivity index (χ1v) is 8.20. The SMILES string of the molecule is Cc1ncc(N)cc1-c1cc(NCCO)nc(N2CCOCC2)c1F. The highest BCUT2D eigenvalue weighted by Gasteiger charge is 2.22. The van der Waals surface area contributed by atoms with Crippen molar-refractivity contribution in [1.82, 2.24) is 9.97 Å². The fraction of sp³-hybridized carbons (Fsp3) is 0.412. The van der Waals surface area contributed by atoms with Crippen LogP contribution >= 0.6 is 0 Å². The minimum atomic E-state index is -0.410. The Morgan fingerprint density at radius 3 is 2.80 bits per heavy atom. The van der Waals surface area contributed by atoms with Crippen molar-refractivity contribution in [3.63, 3.8) is 0 Å². The zero-order chi connectivity index (χ0) is 17.8. The van der Waals surface area contributed by atoms with Crippen LogP contribution in [0.3, 0.4) is 0 Å². The Hall–Kier alpha value is -2.45. The third-order valence-corrected chi connectivity index (χ3v) is 4.07. The van der Waals surface area contributed by atoms with Gasteiger partial charge in [-0.1, -0.05) is 0 Å². The maximum absolute atomic E-state index is 15.3. The molecule has 0 aliphatic carbocycles. The van der Waals surface area contributed by atoms with Gasteiger partial charge < -0.3 is 25.8 Å². The van der Waals surface area contributed by atoms with E-state index >= 15 is 4.39 Å². The van der Waals surface area contributed by atoms with Gasteiger partial charge in [0.25, 0.3) is 0 Å². The molecule has 0 radical (unpaired) electrons. The Balaban J connectivity index is 2.10. The number of pyridine rings is 2. The lowest BCUT2D eigenvalue weighted by molar-refractivity contribution is 0.122. The number of nitrogen functional groups attached to an aromatic ring is 1. The van der Waals surface area contributed by atoms with E-state index < -0.39 is 5.82 Å². The molecule has 134 valence electrons. The molecule has 0 spiro atoms. The van der Waals surface area contributed by atoms with Gasteiger partial charge in [-0.3, -0.25) is 4.98 Å². The van der Waals surface area contributed by atoms with Gasteiger partial charge in [0.15, 0.2) is 11.6 Å². The summed E-state index contributed by atoms with van der Waals surface area (Å²) in [4.78, 5) is 10.5. The first-order chi connectivity index (χ1) is 12.1. The quantitative estimate of drug-likeness (QED) is 0.752. The number of aliphatic hydroxyl groups is 1. The molecule has 0 saturated carbocycles. The maximum Gasteiger partial charge on any atom is 0.173 e. The van der Waals surface area contributed by atoms with Crippen molar-refractivity contribution >= 4 is 17.3 Å². The maximum atomic E-state index is 15.3. The van der Waals surface area contributed by atoms with Gasteiger partial charge in [-0.25, -0.2) is 9.37 Å². The number of hydrogen-bond donors (Lipinski definition) is 3. The molecule has 2 aromatic rings. The summed E-state index contributed by atoms with van der Waals surface area (Å²) in [5, 5.41) is 12.1. The highest BCUT2D eigenvalue weighted by Crippen LogP contribution is 2.33. The molecule has 0 atom stereocenters. The lowest BCUT2D eigenvalue weighted by Gasteiger charge is -2.29. The van der Waals surface area contributed by atoms with E-state index in [1.165, 1.54) is 0 Å². The predicted molar refractivity (Wildman–Crippen MR) is 95.2 cm³/mol. The number of morpholine rings is 1. The molecule has 2 aromatic heterocycles. The summed E-state index contributed by atoms with van der Waals surface area (Å²) in [7, 11) is 0. The molecule has 3 heterocycles. The Bertz CT molecular complexity index is 750. The fourth-order valence-electron chi connectivity index (χ4n) is 2.79. The van der Waals surface area contributed by atoms with Gasteiger partial charge in [0.2, 0.25) is 0 Å². The van der Waals surface area contributed by atoms with E-state index in [1.54, 1.807) is 18.3 Å². The van der Waals surface area contributed by atoms with Gasteiger partial charge in [-0.05, 0) is 19.1 Å². The van der Waals surface area contributed by atoms with Crippen LogP contribution < -0.4 is 16.0 Å². The largest absolute Gasteiger partial charge is 0.397 e. The molecule has 1 aliphatic rings. The Morgan fingerprint density at radius 2 is 2.08 bits per heavy atom. The van der Waals surface area contributed by atoms with E-state index in [9.17, 15) is 0 Å². The number of anilines is 3. The second kappa shape index (κ2) is 7.62. The van der Waals surface area contributed by atoms with Crippen LogP contribution in [0.25, 0.3) is 11.1 Å². The van der Waals surface area contributed by atoms with Crippen LogP contribution in [0, 0.1) is 12.7 Å². The van der Waals surface area contributed by atoms with Gasteiger partial charge in [-0.15, -0.1) is 0 Å². The van der Waals surface area contributed by atoms with E-state index in [1.807, 2.05) is 11.8 Å². The van der Waals surface area contributed by atoms with Crippen LogP contribution in [0.15, 0.2) is 18.3 Å². The molecule has 0 unspecified atom stereocenters. The summed E-state index contributed by atoms with van der Waals surface area (Å²) in [6.07, 6.45) is 1.55. The standard InChI is InChI=1S/C17H22FN5O2/c1-11-13(8-12(19)10-21-11)14-9-15(20-2-5-24)22-17(16(14)18)23-3-6-25-7-4-23/h8-10,24H,2-7,19H2,1H3,(H,20,22). The van der Waals surface area contributed by atoms with Crippen molar-refractivity contribution in [2.75, 3.05) is 55.4 Å². The molecule has 0 aromatic carbocycles. The predicted octanol–water partition coefficient (Wildman–Crippen LogP) is 1.41. The van der Waals surface area contributed by atoms with Crippen LogP contribution in [-0.2, 0) is 4.74 Å². The molecule has 8 heteroatoms. The number of aryl methyl sites for hydroxylation is 1. The molecular weight excluding hydrogens is 325 g/mol. The van der Waals surface area contributed by atoms with Crippen molar-refractivity contribution < 1.29 is 14.2 Å². The number of nitrogens with one attached hydrogen (secondary N) is 1. The number of hydrogen-bond acceptors (Lipinski definition) is 7. The minimum absolute atomic E-state index is 0.0415. The number of ether oxygens (including phenoxy) is 1. The zero-order valence-corrected chi connectivity index (χ0v) is 14.1. The lowest BCUT2D eigenvalue weighted by Crippen LogP contribution is -2.37. The minimum Gasteiger partial charge on any atom is -0.397 e. The van der Waals surface area contributed by atoms with Gasteiger partial charge in [-0.2, -0.15) is 0 Å². The monoisotopic (exact) mass is 347 g/mol. The van der Waals surface area contributed by atoms with Gasteiger partial charge in [0, 0.05) is 36.5 Å². The first-order valence-electron chi connectivity index (χ1n) is 8.20. The van der Waals surface area contributed by atoms with Crippen LogP contribution in [0.1, 0.15) is 5.69 Å². The second-order valence-corrected chi connectivity index (χ2v) is 5.84.